The standard InChI is InChI=1S/C17H27N3/c1-19-11-9-18-17(19)12-16-8-5-10-20(14-16)13-15-6-3-2-4-7-15/h2-3,9,11,15-16H,4-8,10,12-14H2,1H3/t15-,16+/m0/s1. The van der Waals surface area contributed by atoms with Crippen molar-refractivity contribution < 1.29 is 0 Å². The molecule has 2 atom stereocenters. The molecule has 1 aromatic rings. The number of imidazole rings is 1. The van der Waals surface area contributed by atoms with E-state index in [0.717, 1.165) is 18.3 Å². The quantitative estimate of drug-likeness (QED) is 0.786. The monoisotopic (exact) mass is 273 g/mol. The number of hydrogen-bond acceptors (Lipinski definition) is 2. The molecule has 1 aliphatic carbocycles. The van der Waals surface area contributed by atoms with Crippen molar-refractivity contribution in [3.63, 3.8) is 0 Å². The van der Waals surface area contributed by atoms with Crippen LogP contribution in [0.25, 0.3) is 0 Å². The zero-order chi connectivity index (χ0) is 13.8. The van der Waals surface area contributed by atoms with Gasteiger partial charge in [0.15, 0.2) is 0 Å². The van der Waals surface area contributed by atoms with Gasteiger partial charge in [-0.05, 0) is 50.5 Å². The van der Waals surface area contributed by atoms with Crippen LogP contribution in [0.5, 0.6) is 0 Å². The lowest BCUT2D eigenvalue weighted by atomic mass is 9.90. The van der Waals surface area contributed by atoms with E-state index in [0.29, 0.717) is 0 Å². The van der Waals surface area contributed by atoms with Gasteiger partial charge in [-0.2, -0.15) is 0 Å². The lowest BCUT2D eigenvalue weighted by Gasteiger charge is -2.35. The first-order valence-corrected chi connectivity index (χ1v) is 8.15. The molecule has 2 heterocycles. The summed E-state index contributed by atoms with van der Waals surface area (Å²) in [5.41, 5.74) is 0. The van der Waals surface area contributed by atoms with Crippen molar-refractivity contribution in [1.29, 1.82) is 0 Å². The Morgan fingerprint density at radius 3 is 2.95 bits per heavy atom. The SMILES string of the molecule is Cn1ccnc1C[C@H]1CCCN(C[C@H]2CC=CCC2)C1. The summed E-state index contributed by atoms with van der Waals surface area (Å²) >= 11 is 0. The maximum absolute atomic E-state index is 4.49. The van der Waals surface area contributed by atoms with Gasteiger partial charge in [0.1, 0.15) is 5.82 Å². The topological polar surface area (TPSA) is 21.1 Å². The molecular weight excluding hydrogens is 246 g/mol. The van der Waals surface area contributed by atoms with Crippen LogP contribution >= 0.6 is 0 Å². The summed E-state index contributed by atoms with van der Waals surface area (Å²) in [6.07, 6.45) is 16.5. The number of likely N-dealkylation sites (tertiary alicyclic amines) is 1. The van der Waals surface area contributed by atoms with Gasteiger partial charge in [-0.1, -0.05) is 12.2 Å². The zero-order valence-electron chi connectivity index (χ0n) is 12.7. The van der Waals surface area contributed by atoms with Crippen molar-refractivity contribution in [3.05, 3.63) is 30.4 Å². The average Bonchev–Trinajstić information content (AvgIpc) is 2.86. The molecule has 0 bridgehead atoms. The van der Waals surface area contributed by atoms with Crippen molar-refractivity contribution >= 4 is 0 Å². The summed E-state index contributed by atoms with van der Waals surface area (Å²) < 4.78 is 2.17. The maximum Gasteiger partial charge on any atom is 0.108 e. The number of aromatic nitrogens is 2. The van der Waals surface area contributed by atoms with E-state index in [9.17, 15) is 0 Å². The fourth-order valence-corrected chi connectivity index (χ4v) is 3.72. The Hall–Kier alpha value is -1.09. The number of piperidine rings is 1. The molecule has 0 N–H and O–H groups in total. The van der Waals surface area contributed by atoms with E-state index in [4.69, 9.17) is 0 Å². The maximum atomic E-state index is 4.49. The van der Waals surface area contributed by atoms with Gasteiger partial charge in [0.25, 0.3) is 0 Å². The molecule has 1 fully saturated rings. The highest BCUT2D eigenvalue weighted by Crippen LogP contribution is 2.24. The summed E-state index contributed by atoms with van der Waals surface area (Å²) in [5.74, 6) is 2.94. The zero-order valence-corrected chi connectivity index (χ0v) is 12.7. The lowest BCUT2D eigenvalue weighted by molar-refractivity contribution is 0.146. The summed E-state index contributed by atoms with van der Waals surface area (Å²) in [6.45, 7) is 3.88. The second kappa shape index (κ2) is 6.57. The van der Waals surface area contributed by atoms with E-state index in [2.05, 4.69) is 39.8 Å². The summed E-state index contributed by atoms with van der Waals surface area (Å²) in [7, 11) is 2.11. The Balaban J connectivity index is 1.51. The van der Waals surface area contributed by atoms with Crippen LogP contribution < -0.4 is 0 Å². The van der Waals surface area contributed by atoms with E-state index in [-0.39, 0.29) is 0 Å². The van der Waals surface area contributed by atoms with Crippen LogP contribution in [0.4, 0.5) is 0 Å². The fourth-order valence-electron chi connectivity index (χ4n) is 3.72. The molecule has 1 aliphatic heterocycles. The van der Waals surface area contributed by atoms with Gasteiger partial charge in [-0.3, -0.25) is 0 Å². The largest absolute Gasteiger partial charge is 0.338 e. The summed E-state index contributed by atoms with van der Waals surface area (Å²) in [4.78, 5) is 7.20. The highest BCUT2D eigenvalue weighted by Gasteiger charge is 2.23. The van der Waals surface area contributed by atoms with Crippen LogP contribution in [0.3, 0.4) is 0 Å². The number of rotatable bonds is 4. The number of nitrogens with zero attached hydrogens (tertiary/aromatic N) is 3. The van der Waals surface area contributed by atoms with Gasteiger partial charge in [0.2, 0.25) is 0 Å². The molecule has 0 unspecified atom stereocenters. The second-order valence-electron chi connectivity index (χ2n) is 6.58. The van der Waals surface area contributed by atoms with Gasteiger partial charge in [-0.25, -0.2) is 4.98 Å². The van der Waals surface area contributed by atoms with E-state index in [1.807, 2.05) is 6.20 Å². The van der Waals surface area contributed by atoms with E-state index in [1.54, 1.807) is 0 Å². The van der Waals surface area contributed by atoms with Gasteiger partial charge in [0, 0.05) is 39.0 Å². The Morgan fingerprint density at radius 2 is 2.20 bits per heavy atom. The van der Waals surface area contributed by atoms with Crippen LogP contribution in [0, 0.1) is 11.8 Å². The van der Waals surface area contributed by atoms with Crippen molar-refractivity contribution in [3.8, 4) is 0 Å². The van der Waals surface area contributed by atoms with Crippen LogP contribution in [0.1, 0.15) is 37.9 Å². The smallest absolute Gasteiger partial charge is 0.108 e. The van der Waals surface area contributed by atoms with Crippen LogP contribution in [-0.4, -0.2) is 34.1 Å². The minimum atomic E-state index is 0.795. The molecule has 1 aromatic heterocycles. The third-order valence-electron chi connectivity index (χ3n) is 4.89. The van der Waals surface area contributed by atoms with Gasteiger partial charge >= 0.3 is 0 Å². The highest BCUT2D eigenvalue weighted by atomic mass is 15.1. The molecule has 20 heavy (non-hydrogen) atoms. The molecule has 3 rings (SSSR count). The fraction of sp³-hybridized carbons (Fsp3) is 0.706. The minimum Gasteiger partial charge on any atom is -0.338 e. The Morgan fingerprint density at radius 1 is 1.25 bits per heavy atom. The molecule has 0 saturated carbocycles. The van der Waals surface area contributed by atoms with Gasteiger partial charge in [-0.15, -0.1) is 0 Å². The first-order chi connectivity index (χ1) is 9.81. The molecule has 2 aliphatic rings. The Labute approximate surface area is 122 Å². The predicted octanol–water partition coefficient (Wildman–Crippen LogP) is 3.03. The van der Waals surface area contributed by atoms with Gasteiger partial charge in [0.05, 0.1) is 0 Å². The first-order valence-electron chi connectivity index (χ1n) is 8.15. The molecule has 0 spiro atoms. The highest BCUT2D eigenvalue weighted by molar-refractivity contribution is 4.95. The number of aryl methyl sites for hydroxylation is 1. The average molecular weight is 273 g/mol. The summed E-state index contributed by atoms with van der Waals surface area (Å²) in [5, 5.41) is 0. The number of hydrogen-bond donors (Lipinski definition) is 0. The normalized spacial score (nSPS) is 27.9. The van der Waals surface area contributed by atoms with Crippen molar-refractivity contribution in [1.82, 2.24) is 14.5 Å². The molecule has 0 aromatic carbocycles. The van der Waals surface area contributed by atoms with Crippen LogP contribution in [0.2, 0.25) is 0 Å². The van der Waals surface area contributed by atoms with Crippen molar-refractivity contribution in [2.45, 2.75) is 38.5 Å². The predicted molar refractivity (Wildman–Crippen MR) is 82.6 cm³/mol. The van der Waals surface area contributed by atoms with Crippen molar-refractivity contribution in [2.24, 2.45) is 18.9 Å². The minimum absolute atomic E-state index is 0.795. The molecule has 1 saturated heterocycles. The first kappa shape index (κ1) is 13.9. The van der Waals surface area contributed by atoms with Crippen molar-refractivity contribution in [2.75, 3.05) is 19.6 Å². The molecule has 0 radical (unpaired) electrons. The number of allylic oxidation sites excluding steroid dienone is 2. The Bertz CT molecular complexity index is 449. The van der Waals surface area contributed by atoms with E-state index < -0.39 is 0 Å². The van der Waals surface area contributed by atoms with E-state index in [1.165, 1.54) is 57.6 Å². The van der Waals surface area contributed by atoms with Crippen LogP contribution in [-0.2, 0) is 13.5 Å². The van der Waals surface area contributed by atoms with Gasteiger partial charge < -0.3 is 9.47 Å². The summed E-state index contributed by atoms with van der Waals surface area (Å²) in [6, 6.07) is 0. The molecule has 110 valence electrons. The Kier molecular flexibility index (Phi) is 4.56. The second-order valence-corrected chi connectivity index (χ2v) is 6.58. The van der Waals surface area contributed by atoms with E-state index >= 15 is 0 Å². The molecular formula is C17H27N3. The molecule has 3 nitrogen and oxygen atoms in total. The van der Waals surface area contributed by atoms with Crippen LogP contribution in [0.15, 0.2) is 24.5 Å². The third-order valence-corrected chi connectivity index (χ3v) is 4.89. The molecule has 0 amide bonds. The third kappa shape index (κ3) is 3.51. The lowest BCUT2D eigenvalue weighted by Crippen LogP contribution is -2.39. The molecule has 3 heteroatoms.